The van der Waals surface area contributed by atoms with Gasteiger partial charge in [0.15, 0.2) is 0 Å². The van der Waals surface area contributed by atoms with E-state index in [1.54, 1.807) is 0 Å². The van der Waals surface area contributed by atoms with Crippen molar-refractivity contribution in [3.05, 3.63) is 106 Å². The van der Waals surface area contributed by atoms with E-state index in [1.807, 2.05) is 12.1 Å². The maximum absolute atomic E-state index is 12.8. The van der Waals surface area contributed by atoms with Gasteiger partial charge in [-0.2, -0.15) is 0 Å². The van der Waals surface area contributed by atoms with Gasteiger partial charge in [-0.25, -0.2) is 0 Å². The smallest absolute Gasteiger partial charge is 0.223 e. The Morgan fingerprint density at radius 2 is 1.60 bits per heavy atom. The first-order chi connectivity index (χ1) is 17.0. The van der Waals surface area contributed by atoms with Gasteiger partial charge in [-0.05, 0) is 73.6 Å². The van der Waals surface area contributed by atoms with Crippen LogP contribution in [0, 0.1) is 12.8 Å². The van der Waals surface area contributed by atoms with Gasteiger partial charge in [-0.15, -0.1) is 0 Å². The van der Waals surface area contributed by atoms with Crippen LogP contribution in [-0.4, -0.2) is 28.5 Å². The van der Waals surface area contributed by atoms with Gasteiger partial charge >= 0.3 is 0 Å². The second-order valence-electron chi connectivity index (χ2n) is 9.66. The number of nitrogens with zero attached hydrogens (tertiary/aromatic N) is 2. The molecule has 1 amide bonds. The fraction of sp³-hybridized carbons (Fsp3) is 0.300. The van der Waals surface area contributed by atoms with E-state index in [9.17, 15) is 4.79 Å². The number of hydrogen-bond acceptors (Lipinski definition) is 2. The molecule has 4 aromatic rings. The molecule has 0 spiro atoms. The molecule has 5 rings (SSSR count). The van der Waals surface area contributed by atoms with Gasteiger partial charge in [0.2, 0.25) is 5.91 Å². The van der Waals surface area contributed by atoms with Gasteiger partial charge in [0.25, 0.3) is 0 Å². The zero-order chi connectivity index (χ0) is 24.2. The maximum atomic E-state index is 12.8. The van der Waals surface area contributed by atoms with Crippen molar-refractivity contribution in [1.29, 1.82) is 0 Å². The van der Waals surface area contributed by atoms with Crippen molar-refractivity contribution in [1.82, 2.24) is 14.8 Å². The lowest BCUT2D eigenvalue weighted by atomic mass is 9.95. The number of fused-ring (bicyclic) bond motifs is 1. The van der Waals surface area contributed by atoms with Crippen molar-refractivity contribution in [2.75, 3.05) is 13.1 Å². The number of nitrogens with one attached hydrogen (secondary N) is 1. The van der Waals surface area contributed by atoms with E-state index in [0.717, 1.165) is 49.6 Å². The van der Waals surface area contributed by atoms with Crippen LogP contribution in [0.1, 0.15) is 35.2 Å². The summed E-state index contributed by atoms with van der Waals surface area (Å²) in [5.74, 6) is 0.277. The standard InChI is InChI=1S/C30H32ClN3O/c1-22-6-8-23(9-7-22)19-32-30(35)25-14-16-33(17-15-25)21-28-18-26-4-2-3-5-29(26)34(28)20-24-10-12-27(31)13-11-24/h2-13,18,25H,14-17,19-21H2,1H3,(H,32,35). The summed E-state index contributed by atoms with van der Waals surface area (Å²) in [5.41, 5.74) is 6.18. The molecule has 1 aliphatic heterocycles. The van der Waals surface area contributed by atoms with Gasteiger partial charge in [0.1, 0.15) is 0 Å². The van der Waals surface area contributed by atoms with Crippen molar-refractivity contribution in [3.8, 4) is 0 Å². The number of aromatic nitrogens is 1. The van der Waals surface area contributed by atoms with Crippen LogP contribution in [-0.2, 0) is 24.4 Å². The van der Waals surface area contributed by atoms with Gasteiger partial charge in [-0.3, -0.25) is 9.69 Å². The Balaban J connectivity index is 1.21. The molecule has 1 saturated heterocycles. The number of benzene rings is 3. The number of piperidine rings is 1. The lowest BCUT2D eigenvalue weighted by Crippen LogP contribution is -2.40. The molecule has 0 radical (unpaired) electrons. The lowest BCUT2D eigenvalue weighted by Gasteiger charge is -2.31. The first-order valence-corrected chi connectivity index (χ1v) is 12.8. The summed E-state index contributed by atoms with van der Waals surface area (Å²) < 4.78 is 2.42. The largest absolute Gasteiger partial charge is 0.352 e. The fourth-order valence-electron chi connectivity index (χ4n) is 4.98. The highest BCUT2D eigenvalue weighted by Gasteiger charge is 2.25. The van der Waals surface area contributed by atoms with E-state index in [4.69, 9.17) is 11.6 Å². The molecule has 3 aromatic carbocycles. The molecule has 0 unspecified atom stereocenters. The van der Waals surface area contributed by atoms with Crippen molar-refractivity contribution >= 4 is 28.4 Å². The Kier molecular flexibility index (Phi) is 7.21. The Labute approximate surface area is 212 Å². The fourth-order valence-corrected chi connectivity index (χ4v) is 5.11. The van der Waals surface area contributed by atoms with Crippen molar-refractivity contribution < 1.29 is 4.79 Å². The number of halogens is 1. The second kappa shape index (κ2) is 10.7. The number of hydrogen-bond donors (Lipinski definition) is 1. The van der Waals surface area contributed by atoms with Gasteiger partial charge in [-0.1, -0.05) is 71.8 Å². The molecule has 0 saturated carbocycles. The Bertz CT molecular complexity index is 1290. The molecular weight excluding hydrogens is 454 g/mol. The third kappa shape index (κ3) is 5.77. The van der Waals surface area contributed by atoms with E-state index < -0.39 is 0 Å². The highest BCUT2D eigenvalue weighted by molar-refractivity contribution is 6.30. The van der Waals surface area contributed by atoms with Crippen molar-refractivity contribution in [2.45, 2.75) is 39.4 Å². The second-order valence-corrected chi connectivity index (χ2v) is 10.1. The minimum atomic E-state index is 0.0941. The average Bonchev–Trinajstić information content (AvgIpc) is 3.22. The molecule has 35 heavy (non-hydrogen) atoms. The monoisotopic (exact) mass is 485 g/mol. The van der Waals surface area contributed by atoms with E-state index >= 15 is 0 Å². The van der Waals surface area contributed by atoms with E-state index in [1.165, 1.54) is 27.7 Å². The van der Waals surface area contributed by atoms with Crippen LogP contribution in [0.4, 0.5) is 0 Å². The highest BCUT2D eigenvalue weighted by atomic mass is 35.5. The highest BCUT2D eigenvalue weighted by Crippen LogP contribution is 2.25. The molecule has 1 fully saturated rings. The maximum Gasteiger partial charge on any atom is 0.223 e. The first-order valence-electron chi connectivity index (χ1n) is 12.4. The summed E-state index contributed by atoms with van der Waals surface area (Å²) in [7, 11) is 0. The van der Waals surface area contributed by atoms with Crippen LogP contribution < -0.4 is 5.32 Å². The van der Waals surface area contributed by atoms with Crippen LogP contribution in [0.15, 0.2) is 78.9 Å². The summed E-state index contributed by atoms with van der Waals surface area (Å²) >= 11 is 6.10. The molecule has 1 N–H and O–H groups in total. The minimum Gasteiger partial charge on any atom is -0.352 e. The van der Waals surface area contributed by atoms with E-state index in [0.29, 0.717) is 6.54 Å². The van der Waals surface area contributed by atoms with E-state index in [-0.39, 0.29) is 11.8 Å². The number of para-hydroxylation sites is 1. The minimum absolute atomic E-state index is 0.0941. The third-order valence-corrected chi connectivity index (χ3v) is 7.33. The molecule has 4 nitrogen and oxygen atoms in total. The Morgan fingerprint density at radius 3 is 2.34 bits per heavy atom. The number of amides is 1. The molecule has 0 bridgehead atoms. The molecule has 1 aliphatic rings. The zero-order valence-corrected chi connectivity index (χ0v) is 21.0. The topological polar surface area (TPSA) is 37.3 Å². The molecule has 180 valence electrons. The van der Waals surface area contributed by atoms with E-state index in [2.05, 4.69) is 88.4 Å². The number of aryl methyl sites for hydroxylation is 1. The third-order valence-electron chi connectivity index (χ3n) is 7.08. The summed E-state index contributed by atoms with van der Waals surface area (Å²) in [4.78, 5) is 15.2. The first kappa shape index (κ1) is 23.7. The molecule has 0 atom stereocenters. The molecular formula is C30H32ClN3O. The molecule has 2 heterocycles. The van der Waals surface area contributed by atoms with Gasteiger partial charge in [0, 0.05) is 41.8 Å². The predicted octanol–water partition coefficient (Wildman–Crippen LogP) is 6.18. The van der Waals surface area contributed by atoms with Crippen LogP contribution in [0.2, 0.25) is 5.02 Å². The van der Waals surface area contributed by atoms with Crippen LogP contribution in [0.25, 0.3) is 10.9 Å². The van der Waals surface area contributed by atoms with Gasteiger partial charge < -0.3 is 9.88 Å². The normalized spacial score (nSPS) is 14.9. The molecule has 1 aromatic heterocycles. The average molecular weight is 486 g/mol. The number of carbonyl (C=O) groups is 1. The summed E-state index contributed by atoms with van der Waals surface area (Å²) in [6.45, 7) is 6.26. The summed E-state index contributed by atoms with van der Waals surface area (Å²) in [6.07, 6.45) is 1.80. The Morgan fingerprint density at radius 1 is 0.914 bits per heavy atom. The zero-order valence-electron chi connectivity index (χ0n) is 20.2. The van der Waals surface area contributed by atoms with Crippen LogP contribution in [0.5, 0.6) is 0 Å². The number of likely N-dealkylation sites (tertiary alicyclic amines) is 1. The quantitative estimate of drug-likeness (QED) is 0.339. The molecule has 0 aliphatic carbocycles. The Hall–Kier alpha value is -3.08. The summed E-state index contributed by atoms with van der Waals surface area (Å²) in [6, 6.07) is 27.3. The van der Waals surface area contributed by atoms with Crippen molar-refractivity contribution in [2.24, 2.45) is 5.92 Å². The predicted molar refractivity (Wildman–Crippen MR) is 144 cm³/mol. The van der Waals surface area contributed by atoms with Gasteiger partial charge in [0.05, 0.1) is 0 Å². The SMILES string of the molecule is Cc1ccc(CNC(=O)C2CCN(Cc3cc4ccccc4n3Cc3ccc(Cl)cc3)CC2)cc1. The van der Waals surface area contributed by atoms with Crippen LogP contribution in [0.3, 0.4) is 0 Å². The van der Waals surface area contributed by atoms with Crippen LogP contribution >= 0.6 is 11.6 Å². The number of carbonyl (C=O) groups excluding carboxylic acids is 1. The number of rotatable bonds is 7. The molecule has 5 heteroatoms. The lowest BCUT2D eigenvalue weighted by molar-refractivity contribution is -0.126. The van der Waals surface area contributed by atoms with Crippen molar-refractivity contribution in [3.63, 3.8) is 0 Å². The summed E-state index contributed by atoms with van der Waals surface area (Å²) in [5, 5.41) is 5.17.